The van der Waals surface area contributed by atoms with E-state index in [0.717, 1.165) is 23.6 Å². The molecule has 2 aliphatic rings. The summed E-state index contributed by atoms with van der Waals surface area (Å²) in [6.07, 6.45) is 5.45. The number of hydrogen-bond acceptors (Lipinski definition) is 3. The van der Waals surface area contributed by atoms with Crippen LogP contribution in [0.2, 0.25) is 0 Å². The Labute approximate surface area is 77.5 Å². The van der Waals surface area contributed by atoms with Gasteiger partial charge < -0.3 is 4.52 Å². The molecule has 3 nitrogen and oxygen atoms in total. The fourth-order valence-corrected chi connectivity index (χ4v) is 2.15. The quantitative estimate of drug-likeness (QED) is 0.712. The van der Waals surface area contributed by atoms with Crippen LogP contribution in [-0.4, -0.2) is 10.1 Å². The summed E-state index contributed by atoms with van der Waals surface area (Å²) >= 11 is 0. The Kier molecular flexibility index (Phi) is 1.49. The van der Waals surface area contributed by atoms with E-state index in [1.54, 1.807) is 0 Å². The summed E-state index contributed by atoms with van der Waals surface area (Å²) < 4.78 is 5.27. The molecule has 0 spiro atoms. The third-order valence-electron chi connectivity index (χ3n) is 3.09. The van der Waals surface area contributed by atoms with Gasteiger partial charge >= 0.3 is 0 Å². The van der Waals surface area contributed by atoms with E-state index in [9.17, 15) is 0 Å². The summed E-state index contributed by atoms with van der Waals surface area (Å²) in [5.41, 5.74) is 0. The van der Waals surface area contributed by atoms with Crippen molar-refractivity contribution in [3.63, 3.8) is 0 Å². The molecular formula is C10H14N2O. The van der Waals surface area contributed by atoms with Crippen molar-refractivity contribution < 1.29 is 4.52 Å². The topological polar surface area (TPSA) is 38.9 Å². The van der Waals surface area contributed by atoms with Crippen molar-refractivity contribution >= 4 is 0 Å². The molecule has 0 aliphatic heterocycles. The predicted molar refractivity (Wildman–Crippen MR) is 47.2 cm³/mol. The van der Waals surface area contributed by atoms with Gasteiger partial charge in [0.05, 0.1) is 0 Å². The molecule has 0 radical (unpaired) electrons. The van der Waals surface area contributed by atoms with Crippen molar-refractivity contribution in [3.8, 4) is 0 Å². The standard InChI is InChI=1S/C10H14N2O/c1-6-11-10(13-12-6)9(7-2-3-7)8-4-5-8/h7-9H,2-5H2,1H3. The van der Waals surface area contributed by atoms with Crippen LogP contribution in [0.1, 0.15) is 43.3 Å². The zero-order chi connectivity index (χ0) is 8.84. The lowest BCUT2D eigenvalue weighted by atomic mass is 9.98. The minimum Gasteiger partial charge on any atom is -0.339 e. The van der Waals surface area contributed by atoms with Gasteiger partial charge in [-0.3, -0.25) is 0 Å². The van der Waals surface area contributed by atoms with Gasteiger partial charge in [0.2, 0.25) is 5.89 Å². The zero-order valence-corrected chi connectivity index (χ0v) is 7.86. The Hall–Kier alpha value is -0.860. The van der Waals surface area contributed by atoms with Crippen LogP contribution in [0.25, 0.3) is 0 Å². The van der Waals surface area contributed by atoms with E-state index < -0.39 is 0 Å². The van der Waals surface area contributed by atoms with Crippen LogP contribution in [0.5, 0.6) is 0 Å². The second kappa shape index (κ2) is 2.56. The maximum atomic E-state index is 5.27. The highest BCUT2D eigenvalue weighted by molar-refractivity contribution is 5.06. The maximum Gasteiger partial charge on any atom is 0.230 e. The minimum atomic E-state index is 0.598. The van der Waals surface area contributed by atoms with Gasteiger partial charge in [-0.15, -0.1) is 0 Å². The molecular weight excluding hydrogens is 164 g/mol. The van der Waals surface area contributed by atoms with Crippen LogP contribution in [0.4, 0.5) is 0 Å². The van der Waals surface area contributed by atoms with Gasteiger partial charge in [-0.25, -0.2) is 0 Å². The van der Waals surface area contributed by atoms with Gasteiger partial charge in [0.25, 0.3) is 0 Å². The first-order chi connectivity index (χ1) is 6.34. The average molecular weight is 178 g/mol. The smallest absolute Gasteiger partial charge is 0.230 e. The highest BCUT2D eigenvalue weighted by atomic mass is 16.5. The third-order valence-corrected chi connectivity index (χ3v) is 3.09. The van der Waals surface area contributed by atoms with Crippen LogP contribution in [-0.2, 0) is 0 Å². The van der Waals surface area contributed by atoms with Crippen molar-refractivity contribution in [1.29, 1.82) is 0 Å². The largest absolute Gasteiger partial charge is 0.339 e. The average Bonchev–Trinajstić information content (AvgIpc) is 2.95. The Morgan fingerprint density at radius 2 is 1.85 bits per heavy atom. The number of aromatic nitrogens is 2. The molecule has 0 atom stereocenters. The predicted octanol–water partition coefficient (Wildman–Crippen LogP) is 2.28. The molecule has 3 rings (SSSR count). The van der Waals surface area contributed by atoms with Crippen molar-refractivity contribution in [3.05, 3.63) is 11.7 Å². The van der Waals surface area contributed by atoms with Gasteiger partial charge in [0, 0.05) is 5.92 Å². The molecule has 0 saturated heterocycles. The summed E-state index contributed by atoms with van der Waals surface area (Å²) in [5.74, 6) is 3.99. The van der Waals surface area contributed by atoms with E-state index in [4.69, 9.17) is 4.52 Å². The molecule has 2 saturated carbocycles. The summed E-state index contributed by atoms with van der Waals surface area (Å²) in [7, 11) is 0. The number of rotatable bonds is 3. The molecule has 1 aromatic heterocycles. The number of hydrogen-bond donors (Lipinski definition) is 0. The molecule has 2 aliphatic carbocycles. The molecule has 0 unspecified atom stereocenters. The van der Waals surface area contributed by atoms with Crippen molar-refractivity contribution in [1.82, 2.24) is 10.1 Å². The van der Waals surface area contributed by atoms with Gasteiger partial charge in [0.1, 0.15) is 0 Å². The van der Waals surface area contributed by atoms with E-state index in [1.165, 1.54) is 25.7 Å². The second-order valence-electron chi connectivity index (χ2n) is 4.38. The molecule has 3 heteroatoms. The van der Waals surface area contributed by atoms with E-state index in [2.05, 4.69) is 10.1 Å². The first-order valence-corrected chi connectivity index (χ1v) is 5.15. The van der Waals surface area contributed by atoms with Crippen LogP contribution in [0, 0.1) is 18.8 Å². The van der Waals surface area contributed by atoms with Gasteiger partial charge in [0.15, 0.2) is 5.82 Å². The second-order valence-corrected chi connectivity index (χ2v) is 4.38. The summed E-state index contributed by atoms with van der Waals surface area (Å²) in [6, 6.07) is 0. The molecule has 0 amide bonds. The Bertz CT molecular complexity index is 300. The number of aryl methyl sites for hydroxylation is 1. The minimum absolute atomic E-state index is 0.598. The lowest BCUT2D eigenvalue weighted by molar-refractivity contribution is 0.323. The van der Waals surface area contributed by atoms with E-state index in [0.29, 0.717) is 5.92 Å². The molecule has 1 heterocycles. The Morgan fingerprint density at radius 3 is 2.23 bits per heavy atom. The molecule has 1 aromatic rings. The monoisotopic (exact) mass is 178 g/mol. The molecule has 70 valence electrons. The highest BCUT2D eigenvalue weighted by Gasteiger charge is 2.45. The Morgan fingerprint density at radius 1 is 1.23 bits per heavy atom. The fraction of sp³-hybridized carbons (Fsp3) is 0.800. The first kappa shape index (κ1) is 7.54. The molecule has 13 heavy (non-hydrogen) atoms. The third kappa shape index (κ3) is 1.36. The first-order valence-electron chi connectivity index (χ1n) is 5.15. The van der Waals surface area contributed by atoms with Gasteiger partial charge in [-0.2, -0.15) is 4.98 Å². The van der Waals surface area contributed by atoms with Gasteiger partial charge in [-0.05, 0) is 44.4 Å². The molecule has 0 N–H and O–H groups in total. The summed E-state index contributed by atoms with van der Waals surface area (Å²) in [5, 5.41) is 3.87. The highest BCUT2D eigenvalue weighted by Crippen LogP contribution is 2.53. The number of nitrogens with zero attached hydrogens (tertiary/aromatic N) is 2. The van der Waals surface area contributed by atoms with E-state index >= 15 is 0 Å². The normalized spacial score (nSPS) is 22.6. The van der Waals surface area contributed by atoms with Crippen LogP contribution in [0.3, 0.4) is 0 Å². The zero-order valence-electron chi connectivity index (χ0n) is 7.86. The van der Waals surface area contributed by atoms with Crippen LogP contribution >= 0.6 is 0 Å². The van der Waals surface area contributed by atoms with Crippen molar-refractivity contribution in [2.75, 3.05) is 0 Å². The SMILES string of the molecule is Cc1noc(C(C2CC2)C2CC2)n1. The summed E-state index contributed by atoms with van der Waals surface area (Å²) in [6.45, 7) is 1.89. The van der Waals surface area contributed by atoms with Crippen molar-refractivity contribution in [2.45, 2.75) is 38.5 Å². The van der Waals surface area contributed by atoms with Gasteiger partial charge in [-0.1, -0.05) is 5.16 Å². The Balaban J connectivity index is 1.86. The molecule has 2 fully saturated rings. The fourth-order valence-electron chi connectivity index (χ4n) is 2.15. The lowest BCUT2D eigenvalue weighted by Gasteiger charge is -2.08. The van der Waals surface area contributed by atoms with Crippen LogP contribution < -0.4 is 0 Å². The van der Waals surface area contributed by atoms with Crippen molar-refractivity contribution in [2.24, 2.45) is 11.8 Å². The maximum absolute atomic E-state index is 5.27. The lowest BCUT2D eigenvalue weighted by Crippen LogP contribution is -2.04. The summed E-state index contributed by atoms with van der Waals surface area (Å²) in [4.78, 5) is 4.36. The van der Waals surface area contributed by atoms with E-state index in [1.807, 2.05) is 6.92 Å². The van der Waals surface area contributed by atoms with Crippen LogP contribution in [0.15, 0.2) is 4.52 Å². The molecule has 0 bridgehead atoms. The van der Waals surface area contributed by atoms with E-state index in [-0.39, 0.29) is 0 Å². The molecule has 0 aromatic carbocycles.